The predicted octanol–water partition coefficient (Wildman–Crippen LogP) is 6.32. The number of rotatable bonds is 6. The zero-order chi connectivity index (χ0) is 17.6. The van der Waals surface area contributed by atoms with Crippen molar-refractivity contribution in [1.29, 1.82) is 0 Å². The van der Waals surface area contributed by atoms with Crippen molar-refractivity contribution in [2.45, 2.75) is 13.2 Å². The van der Waals surface area contributed by atoms with Crippen LogP contribution in [-0.4, -0.2) is 0 Å². The van der Waals surface area contributed by atoms with Crippen molar-refractivity contribution in [1.82, 2.24) is 0 Å². The maximum Gasteiger partial charge on any atom is 0.138 e. The van der Waals surface area contributed by atoms with Gasteiger partial charge in [0, 0.05) is 17.3 Å². The van der Waals surface area contributed by atoms with Crippen LogP contribution < -0.4 is 10.1 Å². The molecule has 25 heavy (non-hydrogen) atoms. The maximum atomic E-state index is 12.9. The minimum absolute atomic E-state index is 0.265. The van der Waals surface area contributed by atoms with Gasteiger partial charge < -0.3 is 10.1 Å². The molecule has 0 bridgehead atoms. The van der Waals surface area contributed by atoms with Gasteiger partial charge in [-0.05, 0) is 59.7 Å². The fourth-order valence-electron chi connectivity index (χ4n) is 2.28. The van der Waals surface area contributed by atoms with E-state index in [1.807, 2.05) is 42.5 Å². The topological polar surface area (TPSA) is 21.3 Å². The molecule has 0 aliphatic rings. The van der Waals surface area contributed by atoms with Crippen LogP contribution in [0.2, 0.25) is 10.0 Å². The molecule has 0 amide bonds. The second-order valence-electron chi connectivity index (χ2n) is 5.54. The van der Waals surface area contributed by atoms with Crippen LogP contribution in [0.1, 0.15) is 11.1 Å². The quantitative estimate of drug-likeness (QED) is 0.543. The third-order valence-corrected chi connectivity index (χ3v) is 4.19. The standard InChI is InChI=1S/C20H16Cl2FNO/c21-16-4-8-18(9-5-16)24-12-15-3-10-20(19(22)11-15)25-13-14-1-6-17(23)7-2-14/h1-11,24H,12-13H2. The largest absolute Gasteiger partial charge is 0.487 e. The van der Waals surface area contributed by atoms with E-state index in [1.54, 1.807) is 12.1 Å². The molecule has 0 atom stereocenters. The Bertz CT molecular complexity index is 835. The van der Waals surface area contributed by atoms with Gasteiger partial charge >= 0.3 is 0 Å². The van der Waals surface area contributed by atoms with Gasteiger partial charge in [0.25, 0.3) is 0 Å². The molecule has 0 unspecified atom stereocenters. The molecule has 3 aromatic carbocycles. The molecule has 0 radical (unpaired) electrons. The molecule has 128 valence electrons. The van der Waals surface area contributed by atoms with Crippen LogP contribution in [0.5, 0.6) is 5.75 Å². The van der Waals surface area contributed by atoms with Crippen LogP contribution >= 0.6 is 23.2 Å². The number of nitrogens with one attached hydrogen (secondary N) is 1. The maximum absolute atomic E-state index is 12.9. The van der Waals surface area contributed by atoms with E-state index in [-0.39, 0.29) is 5.82 Å². The summed E-state index contributed by atoms with van der Waals surface area (Å²) in [6.45, 7) is 0.974. The molecule has 3 rings (SSSR count). The summed E-state index contributed by atoms with van der Waals surface area (Å²) in [5.41, 5.74) is 2.90. The lowest BCUT2D eigenvalue weighted by Crippen LogP contribution is -2.00. The van der Waals surface area contributed by atoms with Gasteiger partial charge in [0.05, 0.1) is 5.02 Å². The van der Waals surface area contributed by atoms with Gasteiger partial charge in [-0.25, -0.2) is 4.39 Å². The molecule has 0 saturated carbocycles. The monoisotopic (exact) mass is 375 g/mol. The van der Waals surface area contributed by atoms with Crippen LogP contribution in [0.4, 0.5) is 10.1 Å². The number of halogens is 3. The van der Waals surface area contributed by atoms with Gasteiger partial charge in [0.1, 0.15) is 18.2 Å². The first-order chi connectivity index (χ1) is 12.1. The van der Waals surface area contributed by atoms with Crippen molar-refractivity contribution in [3.05, 3.63) is 93.7 Å². The molecular formula is C20H16Cl2FNO. The Labute approximate surface area is 156 Å². The molecule has 0 aliphatic carbocycles. The summed E-state index contributed by atoms with van der Waals surface area (Å²) in [5, 5.41) is 4.55. The number of benzene rings is 3. The number of hydrogen-bond donors (Lipinski definition) is 1. The lowest BCUT2D eigenvalue weighted by Gasteiger charge is -2.11. The van der Waals surface area contributed by atoms with E-state index < -0.39 is 0 Å². The zero-order valence-electron chi connectivity index (χ0n) is 13.3. The van der Waals surface area contributed by atoms with Crippen molar-refractivity contribution in [3.8, 4) is 5.75 Å². The normalized spacial score (nSPS) is 10.5. The molecule has 0 saturated heterocycles. The molecule has 0 fully saturated rings. The van der Waals surface area contributed by atoms with Gasteiger partial charge in [-0.3, -0.25) is 0 Å². The number of anilines is 1. The predicted molar refractivity (Wildman–Crippen MR) is 101 cm³/mol. The van der Waals surface area contributed by atoms with Gasteiger partial charge in [0.15, 0.2) is 0 Å². The second kappa shape index (κ2) is 8.24. The molecule has 0 aromatic heterocycles. The van der Waals surface area contributed by atoms with Crippen LogP contribution in [0, 0.1) is 5.82 Å². The molecule has 1 N–H and O–H groups in total. The molecule has 0 heterocycles. The first-order valence-electron chi connectivity index (χ1n) is 7.75. The summed E-state index contributed by atoms with van der Waals surface area (Å²) in [5.74, 6) is 0.334. The molecular weight excluding hydrogens is 360 g/mol. The average Bonchev–Trinajstić information content (AvgIpc) is 2.62. The third kappa shape index (κ3) is 5.12. The van der Waals surface area contributed by atoms with E-state index in [0.717, 1.165) is 16.8 Å². The van der Waals surface area contributed by atoms with Gasteiger partial charge in [-0.2, -0.15) is 0 Å². The van der Waals surface area contributed by atoms with E-state index in [4.69, 9.17) is 27.9 Å². The molecule has 0 spiro atoms. The summed E-state index contributed by atoms with van der Waals surface area (Å²) in [4.78, 5) is 0. The Morgan fingerprint density at radius 1 is 0.840 bits per heavy atom. The Hall–Kier alpha value is -2.23. The average molecular weight is 376 g/mol. The highest BCUT2D eigenvalue weighted by Gasteiger charge is 2.04. The Balaban J connectivity index is 1.58. The van der Waals surface area contributed by atoms with Crippen molar-refractivity contribution in [2.24, 2.45) is 0 Å². The Kier molecular flexibility index (Phi) is 5.79. The molecule has 3 aromatic rings. The molecule has 5 heteroatoms. The minimum atomic E-state index is -0.265. The lowest BCUT2D eigenvalue weighted by atomic mass is 10.2. The first kappa shape index (κ1) is 17.6. The third-order valence-electron chi connectivity index (χ3n) is 3.64. The fourth-order valence-corrected chi connectivity index (χ4v) is 2.67. The second-order valence-corrected chi connectivity index (χ2v) is 6.38. The van der Waals surface area contributed by atoms with Crippen molar-refractivity contribution < 1.29 is 9.13 Å². The van der Waals surface area contributed by atoms with Crippen LogP contribution in [0.15, 0.2) is 66.7 Å². The first-order valence-corrected chi connectivity index (χ1v) is 8.51. The van der Waals surface area contributed by atoms with Crippen molar-refractivity contribution in [3.63, 3.8) is 0 Å². The van der Waals surface area contributed by atoms with E-state index in [9.17, 15) is 4.39 Å². The van der Waals surface area contributed by atoms with Crippen molar-refractivity contribution in [2.75, 3.05) is 5.32 Å². The van der Waals surface area contributed by atoms with Gasteiger partial charge in [-0.1, -0.05) is 41.4 Å². The van der Waals surface area contributed by atoms with Crippen LogP contribution in [-0.2, 0) is 13.2 Å². The minimum Gasteiger partial charge on any atom is -0.487 e. The van der Waals surface area contributed by atoms with E-state index in [1.165, 1.54) is 12.1 Å². The summed E-state index contributed by atoms with van der Waals surface area (Å²) in [6, 6.07) is 19.4. The summed E-state index contributed by atoms with van der Waals surface area (Å²) in [6.07, 6.45) is 0. The highest BCUT2D eigenvalue weighted by molar-refractivity contribution is 6.32. The molecule has 2 nitrogen and oxygen atoms in total. The SMILES string of the molecule is Fc1ccc(COc2ccc(CNc3ccc(Cl)cc3)cc2Cl)cc1. The van der Waals surface area contributed by atoms with E-state index in [2.05, 4.69) is 5.32 Å². The van der Waals surface area contributed by atoms with Crippen LogP contribution in [0.25, 0.3) is 0 Å². The van der Waals surface area contributed by atoms with Crippen LogP contribution in [0.3, 0.4) is 0 Å². The lowest BCUT2D eigenvalue weighted by molar-refractivity contribution is 0.306. The molecule has 0 aliphatic heterocycles. The smallest absolute Gasteiger partial charge is 0.138 e. The number of hydrogen-bond acceptors (Lipinski definition) is 2. The van der Waals surface area contributed by atoms with E-state index in [0.29, 0.717) is 28.9 Å². The highest BCUT2D eigenvalue weighted by Crippen LogP contribution is 2.27. The zero-order valence-corrected chi connectivity index (χ0v) is 14.8. The van der Waals surface area contributed by atoms with Crippen molar-refractivity contribution >= 4 is 28.9 Å². The summed E-state index contributed by atoms with van der Waals surface area (Å²) < 4.78 is 18.6. The summed E-state index contributed by atoms with van der Waals surface area (Å²) >= 11 is 12.2. The number of ether oxygens (including phenoxy) is 1. The Morgan fingerprint density at radius 3 is 2.20 bits per heavy atom. The fraction of sp³-hybridized carbons (Fsp3) is 0.100. The van der Waals surface area contributed by atoms with Gasteiger partial charge in [-0.15, -0.1) is 0 Å². The summed E-state index contributed by atoms with van der Waals surface area (Å²) in [7, 11) is 0. The Morgan fingerprint density at radius 2 is 1.52 bits per heavy atom. The van der Waals surface area contributed by atoms with E-state index >= 15 is 0 Å². The van der Waals surface area contributed by atoms with Gasteiger partial charge in [0.2, 0.25) is 0 Å². The highest BCUT2D eigenvalue weighted by atomic mass is 35.5.